The Bertz CT molecular complexity index is 905. The number of carbonyl (C=O) groups excluding carboxylic acids is 2. The Morgan fingerprint density at radius 3 is 1.56 bits per heavy atom. The molecule has 2 aromatic carbocycles. The molecule has 0 aliphatic carbocycles. The lowest BCUT2D eigenvalue weighted by molar-refractivity contribution is 0.102. The smallest absolute Gasteiger partial charge is 0.217 e. The van der Waals surface area contributed by atoms with E-state index in [0.717, 1.165) is 11.1 Å². The molecule has 0 unspecified atom stereocenters. The molecule has 136 valence electrons. The van der Waals surface area contributed by atoms with Crippen molar-refractivity contribution in [3.8, 4) is 5.75 Å². The third-order valence-electron chi connectivity index (χ3n) is 4.07. The molecule has 0 aliphatic heterocycles. The van der Waals surface area contributed by atoms with E-state index < -0.39 is 0 Å². The van der Waals surface area contributed by atoms with E-state index in [2.05, 4.69) is 15.4 Å². The van der Waals surface area contributed by atoms with E-state index in [1.165, 1.54) is 0 Å². The first-order valence-electron chi connectivity index (χ1n) is 8.60. The molecule has 0 aliphatic rings. The summed E-state index contributed by atoms with van der Waals surface area (Å²) < 4.78 is 5.59. The zero-order chi connectivity index (χ0) is 19.4. The first-order valence-corrected chi connectivity index (χ1v) is 8.60. The number of ether oxygens (including phenoxy) is 1. The van der Waals surface area contributed by atoms with Crippen molar-refractivity contribution in [3.63, 3.8) is 0 Å². The number of rotatable bonds is 6. The molecule has 27 heavy (non-hydrogen) atoms. The summed E-state index contributed by atoms with van der Waals surface area (Å²) in [6.45, 7) is 5.89. The van der Waals surface area contributed by atoms with Crippen molar-refractivity contribution in [1.29, 1.82) is 0 Å². The molecule has 0 saturated carbocycles. The maximum Gasteiger partial charge on any atom is 0.217 e. The van der Waals surface area contributed by atoms with Crippen LogP contribution in [0.15, 0.2) is 48.5 Å². The van der Waals surface area contributed by atoms with E-state index >= 15 is 0 Å². The number of hydrogen-bond acceptors (Lipinski definition) is 6. The van der Waals surface area contributed by atoms with Crippen molar-refractivity contribution < 1.29 is 14.3 Å². The second kappa shape index (κ2) is 7.86. The van der Waals surface area contributed by atoms with Crippen LogP contribution in [-0.2, 0) is 0 Å². The molecule has 0 N–H and O–H groups in total. The molecule has 0 bridgehead atoms. The fourth-order valence-electron chi connectivity index (χ4n) is 2.58. The zero-order valence-corrected chi connectivity index (χ0v) is 15.4. The predicted molar refractivity (Wildman–Crippen MR) is 100 cm³/mol. The molecule has 3 rings (SSSR count). The quantitative estimate of drug-likeness (QED) is 0.626. The molecule has 0 atom stereocenters. The molecule has 0 radical (unpaired) electrons. The summed E-state index contributed by atoms with van der Waals surface area (Å²) >= 11 is 0. The average molecular weight is 361 g/mol. The van der Waals surface area contributed by atoms with Crippen molar-refractivity contribution in [3.05, 3.63) is 82.2 Å². The van der Waals surface area contributed by atoms with Crippen LogP contribution in [-0.4, -0.2) is 33.6 Å². The Kier molecular flexibility index (Phi) is 5.35. The van der Waals surface area contributed by atoms with E-state index in [1.54, 1.807) is 31.2 Å². The minimum Gasteiger partial charge on any atom is -0.489 e. The van der Waals surface area contributed by atoms with Crippen molar-refractivity contribution in [2.24, 2.45) is 0 Å². The van der Waals surface area contributed by atoms with Crippen molar-refractivity contribution in [1.82, 2.24) is 15.4 Å². The van der Waals surface area contributed by atoms with Gasteiger partial charge in [-0.1, -0.05) is 59.7 Å². The van der Waals surface area contributed by atoms with Gasteiger partial charge >= 0.3 is 0 Å². The molecule has 0 saturated heterocycles. The van der Waals surface area contributed by atoms with Crippen LogP contribution in [0, 0.1) is 13.8 Å². The van der Waals surface area contributed by atoms with Crippen LogP contribution < -0.4 is 4.74 Å². The number of hydrogen-bond donors (Lipinski definition) is 0. The molecule has 1 aromatic heterocycles. The first-order chi connectivity index (χ1) is 13.0. The Balaban J connectivity index is 2.06. The van der Waals surface area contributed by atoms with Crippen LogP contribution >= 0.6 is 0 Å². The number of benzene rings is 2. The van der Waals surface area contributed by atoms with Gasteiger partial charge in [0, 0.05) is 11.1 Å². The molecular weight excluding hydrogens is 342 g/mol. The molecule has 3 aromatic rings. The van der Waals surface area contributed by atoms with E-state index in [1.807, 2.05) is 38.1 Å². The maximum atomic E-state index is 12.9. The van der Waals surface area contributed by atoms with Gasteiger partial charge in [-0.3, -0.25) is 9.59 Å². The Morgan fingerprint density at radius 2 is 1.19 bits per heavy atom. The third-order valence-corrected chi connectivity index (χ3v) is 4.07. The number of carbonyl (C=O) groups is 2. The van der Waals surface area contributed by atoms with Gasteiger partial charge in [0.2, 0.25) is 11.6 Å². The predicted octanol–water partition coefficient (Wildman–Crippen LogP) is 3.35. The van der Waals surface area contributed by atoms with Gasteiger partial charge in [0.05, 0.1) is 6.61 Å². The molecule has 0 spiro atoms. The van der Waals surface area contributed by atoms with E-state index in [9.17, 15) is 9.59 Å². The number of aryl methyl sites for hydroxylation is 2. The first kappa shape index (κ1) is 18.4. The van der Waals surface area contributed by atoms with Crippen LogP contribution in [0.25, 0.3) is 0 Å². The fourth-order valence-corrected chi connectivity index (χ4v) is 2.58. The van der Waals surface area contributed by atoms with Gasteiger partial charge < -0.3 is 4.74 Å². The van der Waals surface area contributed by atoms with Crippen molar-refractivity contribution >= 4 is 11.6 Å². The second-order valence-electron chi connectivity index (χ2n) is 6.14. The molecule has 6 nitrogen and oxygen atoms in total. The lowest BCUT2D eigenvalue weighted by Gasteiger charge is -2.11. The van der Waals surface area contributed by atoms with E-state index in [-0.39, 0.29) is 35.3 Å². The molecule has 0 fully saturated rings. The summed E-state index contributed by atoms with van der Waals surface area (Å²) in [6.07, 6.45) is 0. The Hall–Kier alpha value is -3.41. The van der Waals surface area contributed by atoms with Gasteiger partial charge in [0.15, 0.2) is 17.1 Å². The maximum absolute atomic E-state index is 12.9. The average Bonchev–Trinajstić information content (AvgIpc) is 2.68. The SMILES string of the molecule is CCOc1c(C(=O)c2ccc(C)cc2)nnnc1C(=O)c1ccc(C)cc1. The van der Waals surface area contributed by atoms with E-state index in [4.69, 9.17) is 4.74 Å². The lowest BCUT2D eigenvalue weighted by atomic mass is 10.0. The number of aromatic nitrogens is 3. The van der Waals surface area contributed by atoms with Gasteiger partial charge in [-0.05, 0) is 26.0 Å². The van der Waals surface area contributed by atoms with Crippen LogP contribution in [0.3, 0.4) is 0 Å². The van der Waals surface area contributed by atoms with Crippen LogP contribution in [0.5, 0.6) is 5.75 Å². The number of nitrogens with zero attached hydrogens (tertiary/aromatic N) is 3. The van der Waals surface area contributed by atoms with Crippen LogP contribution in [0.2, 0.25) is 0 Å². The van der Waals surface area contributed by atoms with Crippen molar-refractivity contribution in [2.45, 2.75) is 20.8 Å². The zero-order valence-electron chi connectivity index (χ0n) is 15.4. The van der Waals surface area contributed by atoms with Crippen molar-refractivity contribution in [2.75, 3.05) is 6.61 Å². The fraction of sp³-hybridized carbons (Fsp3) is 0.190. The Labute approximate surface area is 157 Å². The Morgan fingerprint density at radius 1 is 0.778 bits per heavy atom. The van der Waals surface area contributed by atoms with Gasteiger partial charge in [-0.2, -0.15) is 0 Å². The van der Waals surface area contributed by atoms with Crippen LogP contribution in [0.1, 0.15) is 50.2 Å². The summed E-state index contributed by atoms with van der Waals surface area (Å²) in [5, 5.41) is 11.4. The van der Waals surface area contributed by atoms with Gasteiger partial charge in [0.25, 0.3) is 0 Å². The van der Waals surface area contributed by atoms with Gasteiger partial charge in [-0.15, -0.1) is 10.2 Å². The molecule has 6 heteroatoms. The normalized spacial score (nSPS) is 10.5. The standard InChI is InChI=1S/C21H19N3O3/c1-4-27-21-17(19(25)15-9-5-13(2)6-10-15)22-24-23-18(21)20(26)16-11-7-14(3)8-12-16/h5-12H,4H2,1-3H3. The third kappa shape index (κ3) is 3.89. The largest absolute Gasteiger partial charge is 0.489 e. The summed E-state index contributed by atoms with van der Waals surface area (Å²) in [5.74, 6) is -0.679. The number of ketones is 2. The summed E-state index contributed by atoms with van der Waals surface area (Å²) in [4.78, 5) is 25.8. The molecular formula is C21H19N3O3. The second-order valence-corrected chi connectivity index (χ2v) is 6.14. The minimum atomic E-state index is -0.369. The van der Waals surface area contributed by atoms with Gasteiger partial charge in [0.1, 0.15) is 0 Å². The van der Waals surface area contributed by atoms with E-state index in [0.29, 0.717) is 11.1 Å². The summed E-state index contributed by atoms with van der Waals surface area (Å²) in [7, 11) is 0. The summed E-state index contributed by atoms with van der Waals surface area (Å²) in [6, 6.07) is 14.2. The molecule has 1 heterocycles. The highest BCUT2D eigenvalue weighted by Crippen LogP contribution is 2.25. The lowest BCUT2D eigenvalue weighted by Crippen LogP contribution is -2.16. The highest BCUT2D eigenvalue weighted by molar-refractivity contribution is 6.14. The highest BCUT2D eigenvalue weighted by atomic mass is 16.5. The summed E-state index contributed by atoms with van der Waals surface area (Å²) in [5.41, 5.74) is 2.91. The molecule has 0 amide bonds. The van der Waals surface area contributed by atoms with Crippen LogP contribution in [0.4, 0.5) is 0 Å². The van der Waals surface area contributed by atoms with Gasteiger partial charge in [-0.25, -0.2) is 0 Å². The topological polar surface area (TPSA) is 82.0 Å². The highest BCUT2D eigenvalue weighted by Gasteiger charge is 2.26. The minimum absolute atomic E-state index is 0.0221. The monoisotopic (exact) mass is 361 g/mol.